The van der Waals surface area contributed by atoms with Crippen LogP contribution in [0.25, 0.3) is 5.69 Å². The van der Waals surface area contributed by atoms with Gasteiger partial charge in [0.15, 0.2) is 0 Å². The Labute approximate surface area is 128 Å². The Morgan fingerprint density at radius 3 is 2.55 bits per heavy atom. The van der Waals surface area contributed by atoms with Crippen LogP contribution in [0, 0.1) is 12.8 Å². The summed E-state index contributed by atoms with van der Waals surface area (Å²) in [6, 6.07) is 4.28. The van der Waals surface area contributed by atoms with Gasteiger partial charge in [0.25, 0.3) is 5.91 Å². The Morgan fingerprint density at radius 2 is 2.05 bits per heavy atom. The molecule has 2 N–H and O–H groups in total. The fourth-order valence-corrected chi connectivity index (χ4v) is 2.12. The van der Waals surface area contributed by atoms with E-state index in [1.807, 2.05) is 0 Å². The van der Waals surface area contributed by atoms with E-state index in [-0.39, 0.29) is 5.92 Å². The molecule has 2 rings (SSSR count). The molecular weight excluding hydrogens is 284 g/mol. The Morgan fingerprint density at radius 1 is 1.32 bits per heavy atom. The predicted octanol–water partition coefficient (Wildman–Crippen LogP) is 1.41. The van der Waals surface area contributed by atoms with Crippen molar-refractivity contribution in [3.05, 3.63) is 42.0 Å². The third kappa shape index (κ3) is 3.30. The molecule has 2 aromatic rings. The summed E-state index contributed by atoms with van der Waals surface area (Å²) in [5.41, 5.74) is 1.96. The second-order valence-electron chi connectivity index (χ2n) is 5.37. The lowest BCUT2D eigenvalue weighted by Gasteiger charge is -2.18. The van der Waals surface area contributed by atoms with Crippen LogP contribution in [0.1, 0.15) is 29.8 Å². The molecule has 1 aromatic carbocycles. The third-order valence-corrected chi connectivity index (χ3v) is 3.36. The minimum Gasteiger partial charge on any atom is -0.480 e. The summed E-state index contributed by atoms with van der Waals surface area (Å²) in [5.74, 6) is -1.64. The summed E-state index contributed by atoms with van der Waals surface area (Å²) in [5, 5.41) is 15.7. The molecule has 1 atom stereocenters. The molecule has 0 aliphatic rings. The smallest absolute Gasteiger partial charge is 0.326 e. The molecule has 0 fully saturated rings. The van der Waals surface area contributed by atoms with Crippen LogP contribution in [0.15, 0.2) is 30.9 Å². The predicted molar refractivity (Wildman–Crippen MR) is 79.8 cm³/mol. The van der Waals surface area contributed by atoms with E-state index in [0.717, 1.165) is 11.3 Å². The largest absolute Gasteiger partial charge is 0.480 e. The minimum atomic E-state index is -1.04. The van der Waals surface area contributed by atoms with E-state index in [0.29, 0.717) is 5.56 Å². The lowest BCUT2D eigenvalue weighted by molar-refractivity contribution is -0.140. The van der Waals surface area contributed by atoms with Gasteiger partial charge in [-0.25, -0.2) is 14.5 Å². The molecule has 0 saturated heterocycles. The minimum absolute atomic E-state index is 0.198. The maximum Gasteiger partial charge on any atom is 0.326 e. The molecule has 0 saturated carbocycles. The number of carboxylic acids is 1. The first kappa shape index (κ1) is 15.7. The molecule has 0 radical (unpaired) electrons. The summed E-state index contributed by atoms with van der Waals surface area (Å²) in [6.45, 7) is 5.29. The maximum absolute atomic E-state index is 12.3. The molecule has 0 bridgehead atoms. The highest BCUT2D eigenvalue weighted by Crippen LogP contribution is 2.14. The van der Waals surface area contributed by atoms with E-state index < -0.39 is 17.9 Å². The van der Waals surface area contributed by atoms with Gasteiger partial charge in [-0.1, -0.05) is 13.8 Å². The molecule has 0 spiro atoms. The monoisotopic (exact) mass is 302 g/mol. The molecule has 0 aliphatic heterocycles. The van der Waals surface area contributed by atoms with Gasteiger partial charge in [0.05, 0.1) is 5.69 Å². The average molecular weight is 302 g/mol. The van der Waals surface area contributed by atoms with E-state index in [2.05, 4.69) is 15.4 Å². The van der Waals surface area contributed by atoms with Crippen molar-refractivity contribution in [2.75, 3.05) is 0 Å². The molecule has 1 aromatic heterocycles. The first-order valence-electron chi connectivity index (χ1n) is 6.89. The van der Waals surface area contributed by atoms with Gasteiger partial charge in [-0.05, 0) is 36.6 Å². The Kier molecular flexibility index (Phi) is 4.55. The van der Waals surface area contributed by atoms with Crippen LogP contribution in [0.5, 0.6) is 0 Å². The zero-order valence-corrected chi connectivity index (χ0v) is 12.6. The Balaban J connectivity index is 2.22. The summed E-state index contributed by atoms with van der Waals surface area (Å²) >= 11 is 0. The second-order valence-corrected chi connectivity index (χ2v) is 5.37. The van der Waals surface area contributed by atoms with Crippen LogP contribution >= 0.6 is 0 Å². The van der Waals surface area contributed by atoms with Crippen LogP contribution < -0.4 is 5.32 Å². The number of hydrogen-bond donors (Lipinski definition) is 2. The molecule has 0 aliphatic carbocycles. The van der Waals surface area contributed by atoms with Gasteiger partial charge >= 0.3 is 5.97 Å². The average Bonchev–Trinajstić information content (AvgIpc) is 2.97. The number of aryl methyl sites for hydroxylation is 1. The summed E-state index contributed by atoms with van der Waals surface area (Å²) in [6.07, 6.45) is 2.99. The van der Waals surface area contributed by atoms with Crippen molar-refractivity contribution >= 4 is 11.9 Å². The number of carboxylic acid groups (broad SMARTS) is 1. The SMILES string of the molecule is Cc1cc(-n2cncn2)ccc1C(=O)NC(C(=O)O)C(C)C. The summed E-state index contributed by atoms with van der Waals surface area (Å²) < 4.78 is 1.59. The van der Waals surface area contributed by atoms with Gasteiger partial charge in [-0.3, -0.25) is 4.79 Å². The number of carbonyl (C=O) groups is 2. The normalized spacial score (nSPS) is 12.2. The van der Waals surface area contributed by atoms with E-state index in [1.54, 1.807) is 50.0 Å². The van der Waals surface area contributed by atoms with Crippen molar-refractivity contribution in [1.29, 1.82) is 0 Å². The van der Waals surface area contributed by atoms with Crippen molar-refractivity contribution < 1.29 is 14.7 Å². The number of benzene rings is 1. The first-order chi connectivity index (χ1) is 10.4. The first-order valence-corrected chi connectivity index (χ1v) is 6.89. The van der Waals surface area contributed by atoms with Crippen LogP contribution in [-0.4, -0.2) is 37.8 Å². The number of aliphatic carboxylic acids is 1. The summed E-state index contributed by atoms with van der Waals surface area (Å²) in [7, 11) is 0. The summed E-state index contributed by atoms with van der Waals surface area (Å²) in [4.78, 5) is 27.3. The Bertz CT molecular complexity index is 680. The molecule has 1 unspecified atom stereocenters. The zero-order chi connectivity index (χ0) is 16.3. The fraction of sp³-hybridized carbons (Fsp3) is 0.333. The molecule has 1 amide bonds. The van der Waals surface area contributed by atoms with Crippen molar-refractivity contribution in [1.82, 2.24) is 20.1 Å². The molecule has 7 nitrogen and oxygen atoms in total. The van der Waals surface area contributed by atoms with E-state index in [1.165, 1.54) is 6.33 Å². The second kappa shape index (κ2) is 6.38. The number of nitrogens with zero attached hydrogens (tertiary/aromatic N) is 3. The number of nitrogens with one attached hydrogen (secondary N) is 1. The molecular formula is C15H18N4O3. The number of carbonyl (C=O) groups excluding carboxylic acids is 1. The fourth-order valence-electron chi connectivity index (χ4n) is 2.12. The van der Waals surface area contributed by atoms with Crippen molar-refractivity contribution in [3.63, 3.8) is 0 Å². The molecule has 7 heteroatoms. The van der Waals surface area contributed by atoms with Crippen LogP contribution in [-0.2, 0) is 4.79 Å². The van der Waals surface area contributed by atoms with Gasteiger partial charge in [0, 0.05) is 5.56 Å². The van der Waals surface area contributed by atoms with E-state index >= 15 is 0 Å². The van der Waals surface area contributed by atoms with Crippen molar-refractivity contribution in [2.24, 2.45) is 5.92 Å². The molecule has 22 heavy (non-hydrogen) atoms. The lowest BCUT2D eigenvalue weighted by Crippen LogP contribution is -2.44. The lowest BCUT2D eigenvalue weighted by atomic mass is 10.0. The van der Waals surface area contributed by atoms with Crippen LogP contribution in [0.3, 0.4) is 0 Å². The third-order valence-electron chi connectivity index (χ3n) is 3.36. The highest BCUT2D eigenvalue weighted by Gasteiger charge is 2.24. The maximum atomic E-state index is 12.3. The van der Waals surface area contributed by atoms with Gasteiger partial charge in [0.2, 0.25) is 0 Å². The Hall–Kier alpha value is -2.70. The number of hydrogen-bond acceptors (Lipinski definition) is 4. The topological polar surface area (TPSA) is 97.1 Å². The van der Waals surface area contributed by atoms with Crippen molar-refractivity contribution in [2.45, 2.75) is 26.8 Å². The van der Waals surface area contributed by atoms with Gasteiger partial charge < -0.3 is 10.4 Å². The van der Waals surface area contributed by atoms with Crippen LogP contribution in [0.4, 0.5) is 0 Å². The van der Waals surface area contributed by atoms with Gasteiger partial charge in [-0.2, -0.15) is 5.10 Å². The quantitative estimate of drug-likeness (QED) is 0.870. The highest BCUT2D eigenvalue weighted by molar-refractivity contribution is 5.98. The number of rotatable bonds is 5. The standard InChI is InChI=1S/C15H18N4O3/c1-9(2)13(15(21)22)18-14(20)12-5-4-11(6-10(12)3)19-8-16-7-17-19/h4-9,13H,1-3H3,(H,18,20)(H,21,22). The number of aromatic nitrogens is 3. The van der Waals surface area contributed by atoms with Gasteiger partial charge in [0.1, 0.15) is 18.7 Å². The van der Waals surface area contributed by atoms with E-state index in [4.69, 9.17) is 5.11 Å². The van der Waals surface area contributed by atoms with Gasteiger partial charge in [-0.15, -0.1) is 0 Å². The highest BCUT2D eigenvalue weighted by atomic mass is 16.4. The van der Waals surface area contributed by atoms with Crippen LogP contribution in [0.2, 0.25) is 0 Å². The molecule has 116 valence electrons. The zero-order valence-electron chi connectivity index (χ0n) is 12.6. The molecule has 1 heterocycles. The number of amides is 1. The van der Waals surface area contributed by atoms with Crippen molar-refractivity contribution in [3.8, 4) is 5.69 Å². The van der Waals surface area contributed by atoms with E-state index in [9.17, 15) is 9.59 Å².